The molecule has 0 aliphatic carbocycles. The Morgan fingerprint density at radius 2 is 1.84 bits per heavy atom. The number of hydrogen-bond acceptors (Lipinski definition) is 3. The summed E-state index contributed by atoms with van der Waals surface area (Å²) in [6.45, 7) is 0.509. The average Bonchev–Trinajstić information content (AvgIpc) is 2.46. The number of nitrogens with zero attached hydrogens (tertiary/aromatic N) is 2. The Bertz CT molecular complexity index is 701. The van der Waals surface area contributed by atoms with E-state index in [9.17, 15) is 0 Å². The third-order valence-corrected chi connectivity index (χ3v) is 2.94. The molecule has 0 amide bonds. The van der Waals surface area contributed by atoms with Gasteiger partial charge in [0.05, 0.1) is 17.2 Å². The second kappa shape index (κ2) is 5.24. The van der Waals surface area contributed by atoms with Gasteiger partial charge in [-0.25, -0.2) is 4.98 Å². The molecule has 3 aromatic rings. The smallest absolute Gasteiger partial charge is 0.140 e. The number of pyridine rings is 2. The summed E-state index contributed by atoms with van der Waals surface area (Å²) in [7, 11) is 0. The first kappa shape index (κ1) is 11.9. The Morgan fingerprint density at radius 1 is 1.00 bits per heavy atom. The minimum absolute atomic E-state index is 0.453. The van der Waals surface area contributed by atoms with Crippen LogP contribution in [0.4, 0.5) is 0 Å². The summed E-state index contributed by atoms with van der Waals surface area (Å²) in [6, 6.07) is 15.4. The van der Waals surface area contributed by atoms with Crippen molar-refractivity contribution in [3.05, 3.63) is 65.4 Å². The fourth-order valence-electron chi connectivity index (χ4n) is 1.78. The molecule has 2 heterocycles. The summed E-state index contributed by atoms with van der Waals surface area (Å²) in [5, 5.41) is 0.453. The van der Waals surface area contributed by atoms with E-state index in [4.69, 9.17) is 16.3 Å². The van der Waals surface area contributed by atoms with Crippen LogP contribution in [0, 0.1) is 0 Å². The maximum absolute atomic E-state index is 5.86. The Kier molecular flexibility index (Phi) is 3.29. The van der Waals surface area contributed by atoms with Crippen molar-refractivity contribution in [2.45, 2.75) is 6.61 Å². The molecular weight excluding hydrogens is 260 g/mol. The van der Waals surface area contributed by atoms with Gasteiger partial charge in [-0.1, -0.05) is 41.9 Å². The Balaban J connectivity index is 1.81. The lowest BCUT2D eigenvalue weighted by Crippen LogP contribution is -1.96. The van der Waals surface area contributed by atoms with Gasteiger partial charge in [0.25, 0.3) is 0 Å². The van der Waals surface area contributed by atoms with E-state index >= 15 is 0 Å². The zero-order chi connectivity index (χ0) is 13.1. The second-order valence-electron chi connectivity index (χ2n) is 4.12. The Hall–Kier alpha value is -2.13. The monoisotopic (exact) mass is 270 g/mol. The highest BCUT2D eigenvalue weighted by atomic mass is 35.5. The fraction of sp³-hybridized carbons (Fsp3) is 0.0667. The molecule has 3 nitrogen and oxygen atoms in total. The molecule has 3 rings (SSSR count). The third-order valence-electron chi connectivity index (χ3n) is 2.73. The molecule has 0 aliphatic heterocycles. The van der Waals surface area contributed by atoms with Crippen LogP contribution in [-0.2, 0) is 6.61 Å². The van der Waals surface area contributed by atoms with Crippen LogP contribution in [0.5, 0.6) is 5.75 Å². The van der Waals surface area contributed by atoms with Crippen molar-refractivity contribution in [1.82, 2.24) is 9.97 Å². The molecule has 0 saturated carbocycles. The molecule has 0 radical (unpaired) electrons. The summed E-state index contributed by atoms with van der Waals surface area (Å²) in [5.74, 6) is 0.686. The van der Waals surface area contributed by atoms with Crippen molar-refractivity contribution >= 4 is 22.6 Å². The maximum Gasteiger partial charge on any atom is 0.140 e. The van der Waals surface area contributed by atoms with Gasteiger partial charge in [0, 0.05) is 6.07 Å². The van der Waals surface area contributed by atoms with E-state index in [0.717, 1.165) is 16.6 Å². The molecule has 4 heteroatoms. The molecular formula is C15H11ClN2O. The van der Waals surface area contributed by atoms with E-state index in [2.05, 4.69) is 9.97 Å². The first-order valence-electron chi connectivity index (χ1n) is 5.90. The number of rotatable bonds is 3. The Labute approximate surface area is 115 Å². The predicted molar refractivity (Wildman–Crippen MR) is 75.3 cm³/mol. The number of halogens is 1. The van der Waals surface area contributed by atoms with Crippen molar-refractivity contribution in [1.29, 1.82) is 0 Å². The van der Waals surface area contributed by atoms with Crippen LogP contribution in [0.2, 0.25) is 5.15 Å². The zero-order valence-electron chi connectivity index (χ0n) is 10.1. The molecule has 94 valence electrons. The van der Waals surface area contributed by atoms with Crippen LogP contribution in [0.1, 0.15) is 5.56 Å². The number of ether oxygens (including phenoxy) is 1. The van der Waals surface area contributed by atoms with Gasteiger partial charge in [0.15, 0.2) is 0 Å². The largest absolute Gasteiger partial charge is 0.487 e. The van der Waals surface area contributed by atoms with Crippen LogP contribution >= 0.6 is 11.6 Å². The van der Waals surface area contributed by atoms with E-state index in [1.54, 1.807) is 12.3 Å². The molecule has 2 aromatic heterocycles. The second-order valence-corrected chi connectivity index (χ2v) is 4.50. The molecule has 19 heavy (non-hydrogen) atoms. The standard InChI is InChI=1S/C15H11ClN2O/c16-15-7-6-13-14(18-15)8-12(9-17-13)19-10-11-4-2-1-3-5-11/h1-9H,10H2. The first-order valence-corrected chi connectivity index (χ1v) is 6.28. The number of fused-ring (bicyclic) bond motifs is 1. The van der Waals surface area contributed by atoms with Gasteiger partial charge in [-0.2, -0.15) is 0 Å². The maximum atomic E-state index is 5.86. The van der Waals surface area contributed by atoms with E-state index < -0.39 is 0 Å². The van der Waals surface area contributed by atoms with Gasteiger partial charge < -0.3 is 4.74 Å². The number of hydrogen-bond donors (Lipinski definition) is 0. The van der Waals surface area contributed by atoms with Crippen LogP contribution in [-0.4, -0.2) is 9.97 Å². The molecule has 0 spiro atoms. The van der Waals surface area contributed by atoms with Crippen molar-refractivity contribution in [3.63, 3.8) is 0 Å². The van der Waals surface area contributed by atoms with E-state index in [1.807, 2.05) is 42.5 Å². The Morgan fingerprint density at radius 3 is 2.68 bits per heavy atom. The number of benzene rings is 1. The third kappa shape index (κ3) is 2.83. The van der Waals surface area contributed by atoms with Crippen LogP contribution in [0.15, 0.2) is 54.7 Å². The topological polar surface area (TPSA) is 35.0 Å². The predicted octanol–water partition coefficient (Wildman–Crippen LogP) is 3.86. The van der Waals surface area contributed by atoms with Crippen molar-refractivity contribution < 1.29 is 4.74 Å². The van der Waals surface area contributed by atoms with Crippen molar-refractivity contribution in [3.8, 4) is 5.75 Å². The summed E-state index contributed by atoms with van der Waals surface area (Å²) < 4.78 is 5.69. The van der Waals surface area contributed by atoms with E-state index in [1.165, 1.54) is 0 Å². The molecule has 0 unspecified atom stereocenters. The van der Waals surface area contributed by atoms with Gasteiger partial charge in [-0.05, 0) is 17.7 Å². The average molecular weight is 271 g/mol. The van der Waals surface area contributed by atoms with Crippen LogP contribution in [0.3, 0.4) is 0 Å². The van der Waals surface area contributed by atoms with Crippen molar-refractivity contribution in [2.24, 2.45) is 0 Å². The van der Waals surface area contributed by atoms with Gasteiger partial charge in [0.1, 0.15) is 17.5 Å². The van der Waals surface area contributed by atoms with Crippen molar-refractivity contribution in [2.75, 3.05) is 0 Å². The highest BCUT2D eigenvalue weighted by Crippen LogP contribution is 2.19. The van der Waals surface area contributed by atoms with Crippen LogP contribution in [0.25, 0.3) is 11.0 Å². The summed E-state index contributed by atoms with van der Waals surface area (Å²) in [4.78, 5) is 8.50. The highest BCUT2D eigenvalue weighted by Gasteiger charge is 2.01. The number of aromatic nitrogens is 2. The highest BCUT2D eigenvalue weighted by molar-refractivity contribution is 6.29. The fourth-order valence-corrected chi connectivity index (χ4v) is 1.94. The molecule has 0 N–H and O–H groups in total. The molecule has 0 atom stereocenters. The minimum Gasteiger partial charge on any atom is -0.487 e. The minimum atomic E-state index is 0.453. The lowest BCUT2D eigenvalue weighted by Gasteiger charge is -2.06. The lowest BCUT2D eigenvalue weighted by molar-refractivity contribution is 0.305. The lowest BCUT2D eigenvalue weighted by atomic mass is 10.2. The van der Waals surface area contributed by atoms with E-state index in [0.29, 0.717) is 17.5 Å². The van der Waals surface area contributed by atoms with Gasteiger partial charge in [0.2, 0.25) is 0 Å². The first-order chi connectivity index (χ1) is 9.31. The molecule has 0 bridgehead atoms. The molecule has 0 fully saturated rings. The van der Waals surface area contributed by atoms with Gasteiger partial charge in [-0.3, -0.25) is 4.98 Å². The molecule has 0 aliphatic rings. The summed E-state index contributed by atoms with van der Waals surface area (Å²) >= 11 is 5.86. The summed E-state index contributed by atoms with van der Waals surface area (Å²) in [6.07, 6.45) is 1.70. The zero-order valence-corrected chi connectivity index (χ0v) is 10.8. The quantitative estimate of drug-likeness (QED) is 0.678. The van der Waals surface area contributed by atoms with Gasteiger partial charge in [-0.15, -0.1) is 0 Å². The van der Waals surface area contributed by atoms with Crippen LogP contribution < -0.4 is 4.74 Å². The summed E-state index contributed by atoms with van der Waals surface area (Å²) in [5.41, 5.74) is 2.65. The van der Waals surface area contributed by atoms with E-state index in [-0.39, 0.29) is 0 Å². The normalized spacial score (nSPS) is 10.6. The molecule has 0 saturated heterocycles. The van der Waals surface area contributed by atoms with Gasteiger partial charge >= 0.3 is 0 Å². The SMILES string of the molecule is Clc1ccc2ncc(OCc3ccccc3)cc2n1. The molecule has 1 aromatic carbocycles.